The molecule has 3 fully saturated rings. The molecule has 7 rings (SSSR count). The second-order valence-corrected chi connectivity index (χ2v) is 10.6. The Bertz CT molecular complexity index is 1380. The van der Waals surface area contributed by atoms with Crippen LogP contribution in [0.1, 0.15) is 111 Å². The number of hydrogen-bond acceptors (Lipinski definition) is 11. The molecular formula is C39H55N5O6. The topological polar surface area (TPSA) is 180 Å². The van der Waals surface area contributed by atoms with Gasteiger partial charge in [-0.15, -0.1) is 0 Å². The highest BCUT2D eigenvalue weighted by atomic mass is 16.2. The predicted octanol–water partition coefficient (Wildman–Crippen LogP) is 7.56. The number of nitrogens with two attached hydrogens (primary N) is 1. The molecule has 3 aliphatic rings. The molecule has 0 radical (unpaired) electrons. The smallest absolute Gasteiger partial charge is 0.320 e. The lowest BCUT2D eigenvalue weighted by Gasteiger charge is -2.05. The third kappa shape index (κ3) is 22.3. The predicted molar refractivity (Wildman–Crippen MR) is 192 cm³/mol. The molecule has 4 aromatic heterocycles. The maximum Gasteiger partial charge on any atom is 0.373 e. The van der Waals surface area contributed by atoms with Crippen molar-refractivity contribution in [3.63, 3.8) is 0 Å². The van der Waals surface area contributed by atoms with Crippen LogP contribution in [0.15, 0.2) is 97.6 Å². The first-order chi connectivity index (χ1) is 22.3. The highest BCUT2D eigenvalue weighted by Crippen LogP contribution is 2.46. The highest BCUT2D eigenvalue weighted by Gasteiger charge is 2.41. The van der Waals surface area contributed by atoms with Gasteiger partial charge >= 0.3 is 18.5 Å². The summed E-state index contributed by atoms with van der Waals surface area (Å²) in [5, 5.41) is 0. The van der Waals surface area contributed by atoms with Crippen LogP contribution >= 0.6 is 0 Å². The summed E-state index contributed by atoms with van der Waals surface area (Å²) in [5.41, 5.74) is 11.0. The third-order valence-electron chi connectivity index (χ3n) is 7.02. The second kappa shape index (κ2) is 29.8. The van der Waals surface area contributed by atoms with E-state index in [4.69, 9.17) is 34.5 Å². The average molecular weight is 690 g/mol. The third-order valence-corrected chi connectivity index (χ3v) is 7.02. The zero-order valence-electron chi connectivity index (χ0n) is 26.1. The molecule has 0 atom stereocenters. The molecule has 3 saturated carbocycles. The number of nitrogens with zero attached hydrogens (tertiary/aromatic N) is 4. The molecular weight excluding hydrogens is 634 g/mol. The van der Waals surface area contributed by atoms with Gasteiger partial charge in [-0.1, -0.05) is 67.8 Å². The van der Waals surface area contributed by atoms with E-state index in [1.807, 2.05) is 67.1 Å². The fourth-order valence-electron chi connectivity index (χ4n) is 3.82. The molecule has 0 unspecified atom stereocenters. The molecule has 11 heteroatoms. The quantitative estimate of drug-likeness (QED) is 0.223. The van der Waals surface area contributed by atoms with Gasteiger partial charge in [0.2, 0.25) is 0 Å². The van der Waals surface area contributed by atoms with E-state index >= 15 is 0 Å². The number of aromatic nitrogens is 4. The molecule has 0 saturated heterocycles. The highest BCUT2D eigenvalue weighted by molar-refractivity contribution is 5.23. The molecule has 0 aliphatic heterocycles. The van der Waals surface area contributed by atoms with E-state index in [2.05, 4.69) is 58.0 Å². The summed E-state index contributed by atoms with van der Waals surface area (Å²) >= 11 is 0. The Morgan fingerprint density at radius 3 is 1.28 bits per heavy atom. The van der Waals surface area contributed by atoms with Crippen LogP contribution in [0.4, 0.5) is 0 Å². The molecule has 0 spiro atoms. The van der Waals surface area contributed by atoms with Crippen LogP contribution in [0.2, 0.25) is 0 Å². The number of carbonyl (C=O) groups excluding carboxylic acids is 6. The van der Waals surface area contributed by atoms with E-state index in [0.717, 1.165) is 36.6 Å². The van der Waals surface area contributed by atoms with Gasteiger partial charge in [-0.05, 0) is 93.5 Å². The molecule has 4 heterocycles. The van der Waals surface area contributed by atoms with Crippen LogP contribution < -0.4 is 5.73 Å². The lowest BCUT2D eigenvalue weighted by Crippen LogP contribution is -2.19. The first kappa shape index (κ1) is 51.5. The maximum absolute atomic E-state index is 8.12. The minimum atomic E-state index is -0.0682. The van der Waals surface area contributed by atoms with Crippen LogP contribution in [0.3, 0.4) is 0 Å². The lowest BCUT2D eigenvalue weighted by atomic mass is 10.1. The van der Waals surface area contributed by atoms with E-state index < -0.39 is 0 Å². The zero-order valence-corrected chi connectivity index (χ0v) is 26.1. The van der Waals surface area contributed by atoms with Crippen LogP contribution in [0, 0.1) is 0 Å². The van der Waals surface area contributed by atoms with E-state index in [9.17, 15) is 0 Å². The fourth-order valence-corrected chi connectivity index (χ4v) is 3.82. The Hall–Kier alpha value is -5.30. The largest absolute Gasteiger partial charge is 0.373 e. The summed E-state index contributed by atoms with van der Waals surface area (Å²) in [6.07, 6.45) is 16.6. The van der Waals surface area contributed by atoms with Gasteiger partial charge in [0, 0.05) is 53.2 Å². The molecule has 3 aliphatic carbocycles. The summed E-state index contributed by atoms with van der Waals surface area (Å²) in [5.74, 6) is 0.797. The molecule has 2 N–H and O–H groups in total. The fraction of sp³-hybridized carbons (Fsp3) is 0.410. The van der Waals surface area contributed by atoms with Crippen LogP contribution in [-0.2, 0) is 46.1 Å². The van der Waals surface area contributed by atoms with Gasteiger partial charge < -0.3 is 5.73 Å². The van der Waals surface area contributed by atoms with Crippen LogP contribution in [-0.4, -0.2) is 38.4 Å². The van der Waals surface area contributed by atoms with Crippen molar-refractivity contribution in [1.82, 2.24) is 19.9 Å². The monoisotopic (exact) mass is 689 g/mol. The van der Waals surface area contributed by atoms with Gasteiger partial charge in [-0.25, -0.2) is 0 Å². The van der Waals surface area contributed by atoms with E-state index in [1.165, 1.54) is 37.1 Å². The Morgan fingerprint density at radius 2 is 1.00 bits per heavy atom. The minimum Gasteiger partial charge on any atom is -0.320 e. The standard InChI is InChI=1S/C9H11N.C8H10N2.C8H9N.C7H9N.3CO2.4CH4/c1-9(5-6-9)8-4-2-3-7-10-8;9-8(4-5-8)7-3-1-2-6-10-7;1-2-6-9-8(3-1)7-4-5-7;1-2-7-5-3-4-6-8-7;3*2-1-3;;;;/h2-4,7H,5-6H2,1H3;1-3,6H,4-5,9H2;1-3,6-7H,4-5H2;3-6H,2H2,1H3;;;;4*1H4. The van der Waals surface area contributed by atoms with Gasteiger partial charge in [-0.3, -0.25) is 19.9 Å². The van der Waals surface area contributed by atoms with Crippen molar-refractivity contribution in [2.24, 2.45) is 5.73 Å². The molecule has 4 aromatic rings. The van der Waals surface area contributed by atoms with Gasteiger partial charge in [0.25, 0.3) is 0 Å². The second-order valence-electron chi connectivity index (χ2n) is 10.6. The van der Waals surface area contributed by atoms with E-state index in [-0.39, 0.29) is 53.7 Å². The van der Waals surface area contributed by atoms with Gasteiger partial charge in [0.1, 0.15) is 0 Å². The first-order valence-electron chi connectivity index (χ1n) is 14.7. The van der Waals surface area contributed by atoms with Gasteiger partial charge in [0.05, 0.1) is 11.2 Å². The van der Waals surface area contributed by atoms with Gasteiger partial charge in [0.15, 0.2) is 0 Å². The summed E-state index contributed by atoms with van der Waals surface area (Å²) in [7, 11) is 0. The van der Waals surface area contributed by atoms with Crippen molar-refractivity contribution < 1.29 is 28.8 Å². The number of pyridine rings is 4. The molecule has 272 valence electrons. The van der Waals surface area contributed by atoms with Crippen LogP contribution in [0.25, 0.3) is 0 Å². The van der Waals surface area contributed by atoms with Crippen molar-refractivity contribution in [1.29, 1.82) is 0 Å². The number of aryl methyl sites for hydroxylation is 1. The van der Waals surface area contributed by atoms with Crippen LogP contribution in [0.5, 0.6) is 0 Å². The number of rotatable bonds is 4. The zero-order chi connectivity index (χ0) is 34.1. The molecule has 50 heavy (non-hydrogen) atoms. The normalized spacial score (nSPS) is 13.3. The molecule has 0 bridgehead atoms. The summed E-state index contributed by atoms with van der Waals surface area (Å²) < 4.78 is 0. The van der Waals surface area contributed by atoms with Gasteiger partial charge in [-0.2, -0.15) is 28.8 Å². The van der Waals surface area contributed by atoms with Crippen molar-refractivity contribution in [2.75, 3.05) is 0 Å². The summed E-state index contributed by atoms with van der Waals surface area (Å²) in [6.45, 7) is 4.37. The molecule has 11 nitrogen and oxygen atoms in total. The van der Waals surface area contributed by atoms with Crippen molar-refractivity contribution in [3.05, 3.63) is 120 Å². The van der Waals surface area contributed by atoms with Crippen molar-refractivity contribution in [2.45, 2.75) is 105 Å². The Morgan fingerprint density at radius 1 is 0.600 bits per heavy atom. The first-order valence-corrected chi connectivity index (χ1v) is 14.7. The lowest BCUT2D eigenvalue weighted by molar-refractivity contribution is -0.193. The Kier molecular flexibility index (Phi) is 30.7. The number of hydrogen-bond donors (Lipinski definition) is 1. The van der Waals surface area contributed by atoms with Crippen molar-refractivity contribution >= 4 is 18.5 Å². The Balaban J connectivity index is -0.000000256. The summed E-state index contributed by atoms with van der Waals surface area (Å²) in [4.78, 5) is 65.6. The molecule has 0 amide bonds. The van der Waals surface area contributed by atoms with E-state index in [0.29, 0.717) is 5.41 Å². The van der Waals surface area contributed by atoms with E-state index in [1.54, 1.807) is 6.20 Å². The summed E-state index contributed by atoms with van der Waals surface area (Å²) in [6, 6.07) is 24.1. The molecule has 0 aromatic carbocycles. The maximum atomic E-state index is 8.12. The average Bonchev–Trinajstić information content (AvgIpc) is 3.99. The Labute approximate surface area is 298 Å². The SMILES string of the molecule is C.C.C.C.CC1(c2ccccn2)CC1.CCc1ccccn1.NC1(c2ccccn2)CC1.O=C=O.O=C=O.O=C=O.c1ccc(C2CC2)nc1. The van der Waals surface area contributed by atoms with Crippen molar-refractivity contribution in [3.8, 4) is 0 Å². The minimum absolute atomic E-state index is 0.